The van der Waals surface area contributed by atoms with Crippen LogP contribution in [0.25, 0.3) is 6.08 Å². The summed E-state index contributed by atoms with van der Waals surface area (Å²) >= 11 is 12.6. The first-order valence-electron chi connectivity index (χ1n) is 6.56. The lowest BCUT2D eigenvalue weighted by atomic mass is 10.2. The van der Waals surface area contributed by atoms with Crippen LogP contribution >= 0.6 is 35.6 Å². The second-order valence-corrected chi connectivity index (χ2v) is 6.86. The van der Waals surface area contributed by atoms with E-state index in [1.54, 1.807) is 10.8 Å². The van der Waals surface area contributed by atoms with Gasteiger partial charge in [-0.3, -0.25) is 4.79 Å². The van der Waals surface area contributed by atoms with E-state index >= 15 is 0 Å². The van der Waals surface area contributed by atoms with Crippen molar-refractivity contribution in [3.63, 3.8) is 0 Å². The zero-order valence-corrected chi connectivity index (χ0v) is 14.1. The minimum Gasteiger partial charge on any atom is -0.307 e. The van der Waals surface area contributed by atoms with Crippen LogP contribution in [0.3, 0.4) is 0 Å². The highest BCUT2D eigenvalue weighted by Crippen LogP contribution is 2.30. The Hall–Kier alpha value is -1.63. The number of hydrogen-bond donors (Lipinski definition) is 1. The van der Waals surface area contributed by atoms with Crippen molar-refractivity contribution in [1.82, 2.24) is 15.1 Å². The van der Waals surface area contributed by atoms with Crippen LogP contribution in [0.15, 0.2) is 35.2 Å². The van der Waals surface area contributed by atoms with Gasteiger partial charge in [0, 0.05) is 5.56 Å². The average Bonchev–Trinajstić information content (AvgIpc) is 2.94. The first-order valence-corrected chi connectivity index (χ1v) is 8.16. The van der Waals surface area contributed by atoms with Crippen molar-refractivity contribution >= 4 is 51.9 Å². The molecular formula is C15H12ClN3OS2. The molecule has 1 aromatic carbocycles. The minimum absolute atomic E-state index is 0.193. The fourth-order valence-corrected chi connectivity index (χ4v) is 3.46. The quantitative estimate of drug-likeness (QED) is 0.681. The Bertz CT molecular complexity index is 784. The maximum absolute atomic E-state index is 11.8. The molecular weight excluding hydrogens is 338 g/mol. The number of nitrogens with zero attached hydrogens (tertiary/aromatic N) is 2. The van der Waals surface area contributed by atoms with E-state index in [2.05, 4.69) is 10.4 Å². The summed E-state index contributed by atoms with van der Waals surface area (Å²) in [5.74, 6) is -0.193. The molecule has 1 aliphatic heterocycles. The predicted octanol–water partition coefficient (Wildman–Crippen LogP) is 3.38. The summed E-state index contributed by atoms with van der Waals surface area (Å²) in [5.41, 5.74) is 2.64. The summed E-state index contributed by atoms with van der Waals surface area (Å²) in [4.78, 5) is 12.3. The average molecular weight is 350 g/mol. The summed E-state index contributed by atoms with van der Waals surface area (Å²) in [7, 11) is 0. The van der Waals surface area contributed by atoms with Crippen molar-refractivity contribution in [3.05, 3.63) is 57.2 Å². The Morgan fingerprint density at radius 3 is 2.77 bits per heavy atom. The normalized spacial score (nSPS) is 16.4. The molecule has 4 nitrogen and oxygen atoms in total. The standard InChI is InChI=1S/C15H12ClN3OS2/c1-9-11(7-12-14(20)17-15(21)22-12)13(16)19(18-9)8-10-5-3-2-4-6-10/h2-7H,8H2,1H3,(H,17,20,21)/b12-7-. The van der Waals surface area contributed by atoms with Crippen molar-refractivity contribution in [1.29, 1.82) is 0 Å². The highest BCUT2D eigenvalue weighted by molar-refractivity contribution is 8.26. The number of thiocarbonyl (C=S) groups is 1. The summed E-state index contributed by atoms with van der Waals surface area (Å²) in [6.07, 6.45) is 1.74. The van der Waals surface area contributed by atoms with Crippen LogP contribution in [0.4, 0.5) is 0 Å². The highest BCUT2D eigenvalue weighted by Gasteiger charge is 2.23. The molecule has 112 valence electrons. The molecule has 1 aliphatic rings. The minimum atomic E-state index is -0.193. The number of aromatic nitrogens is 2. The largest absolute Gasteiger partial charge is 0.307 e. The Kier molecular flexibility index (Phi) is 4.33. The SMILES string of the molecule is Cc1nn(Cc2ccccc2)c(Cl)c1/C=C1\SC(=S)NC1=O. The lowest BCUT2D eigenvalue weighted by molar-refractivity contribution is -0.115. The topological polar surface area (TPSA) is 46.9 Å². The third-order valence-electron chi connectivity index (χ3n) is 3.20. The summed E-state index contributed by atoms with van der Waals surface area (Å²) in [6.45, 7) is 2.46. The Morgan fingerprint density at radius 2 is 2.14 bits per heavy atom. The van der Waals surface area contributed by atoms with Gasteiger partial charge < -0.3 is 5.32 Å². The van der Waals surface area contributed by atoms with E-state index in [0.29, 0.717) is 20.9 Å². The van der Waals surface area contributed by atoms with Gasteiger partial charge in [0.2, 0.25) is 0 Å². The number of aryl methyl sites for hydroxylation is 1. The number of carbonyl (C=O) groups excluding carboxylic acids is 1. The lowest BCUT2D eigenvalue weighted by Gasteiger charge is -2.03. The Labute approximate surface area is 142 Å². The number of thioether (sulfide) groups is 1. The molecule has 3 rings (SSSR count). The number of rotatable bonds is 3. The molecule has 2 aromatic rings. The van der Waals surface area contributed by atoms with Crippen LogP contribution in [0, 0.1) is 6.92 Å². The van der Waals surface area contributed by atoms with Gasteiger partial charge in [-0.1, -0.05) is 65.9 Å². The third kappa shape index (κ3) is 3.09. The summed E-state index contributed by atoms with van der Waals surface area (Å²) in [6, 6.07) is 9.95. The van der Waals surface area contributed by atoms with E-state index in [1.807, 2.05) is 37.3 Å². The van der Waals surface area contributed by atoms with Crippen LogP contribution < -0.4 is 5.32 Å². The molecule has 1 amide bonds. The number of halogens is 1. The van der Waals surface area contributed by atoms with E-state index in [4.69, 9.17) is 23.8 Å². The van der Waals surface area contributed by atoms with Crippen molar-refractivity contribution in [2.24, 2.45) is 0 Å². The second kappa shape index (κ2) is 6.24. The van der Waals surface area contributed by atoms with Gasteiger partial charge in [0.25, 0.3) is 5.91 Å². The van der Waals surface area contributed by atoms with Crippen molar-refractivity contribution < 1.29 is 4.79 Å². The maximum Gasteiger partial charge on any atom is 0.263 e. The van der Waals surface area contributed by atoms with Gasteiger partial charge in [0.05, 0.1) is 17.1 Å². The first-order chi connectivity index (χ1) is 10.5. The number of nitrogens with one attached hydrogen (secondary N) is 1. The van der Waals surface area contributed by atoms with E-state index in [9.17, 15) is 4.79 Å². The van der Waals surface area contributed by atoms with Crippen molar-refractivity contribution in [2.75, 3.05) is 0 Å². The molecule has 1 fully saturated rings. The van der Waals surface area contributed by atoms with E-state index < -0.39 is 0 Å². The fourth-order valence-electron chi connectivity index (χ4n) is 2.14. The van der Waals surface area contributed by atoms with Gasteiger partial charge >= 0.3 is 0 Å². The first kappa shape index (κ1) is 15.3. The van der Waals surface area contributed by atoms with Crippen molar-refractivity contribution in [2.45, 2.75) is 13.5 Å². The molecule has 0 atom stereocenters. The monoisotopic (exact) mass is 349 g/mol. The Balaban J connectivity index is 1.92. The molecule has 7 heteroatoms. The molecule has 1 aromatic heterocycles. The highest BCUT2D eigenvalue weighted by atomic mass is 35.5. The Morgan fingerprint density at radius 1 is 1.41 bits per heavy atom. The van der Waals surface area contributed by atoms with Gasteiger partial charge in [-0.25, -0.2) is 4.68 Å². The molecule has 0 radical (unpaired) electrons. The van der Waals surface area contributed by atoms with E-state index in [1.165, 1.54) is 11.8 Å². The predicted molar refractivity (Wildman–Crippen MR) is 93.8 cm³/mol. The van der Waals surface area contributed by atoms with E-state index in [-0.39, 0.29) is 5.91 Å². The molecule has 0 unspecified atom stereocenters. The van der Waals surface area contributed by atoms with Gasteiger partial charge in [-0.05, 0) is 18.6 Å². The van der Waals surface area contributed by atoms with Gasteiger partial charge in [0.15, 0.2) is 0 Å². The fraction of sp³-hybridized carbons (Fsp3) is 0.133. The number of benzene rings is 1. The number of amides is 1. The van der Waals surface area contributed by atoms with Crippen LogP contribution in [-0.2, 0) is 11.3 Å². The number of hydrogen-bond acceptors (Lipinski definition) is 4. The molecule has 0 bridgehead atoms. The van der Waals surface area contributed by atoms with Crippen LogP contribution in [0.2, 0.25) is 5.15 Å². The summed E-state index contributed by atoms with van der Waals surface area (Å²) < 4.78 is 2.19. The number of carbonyl (C=O) groups is 1. The molecule has 0 aliphatic carbocycles. The van der Waals surface area contributed by atoms with Crippen LogP contribution in [0.1, 0.15) is 16.8 Å². The summed E-state index contributed by atoms with van der Waals surface area (Å²) in [5, 5.41) is 7.56. The zero-order valence-electron chi connectivity index (χ0n) is 11.7. The molecule has 2 heterocycles. The van der Waals surface area contributed by atoms with Gasteiger partial charge in [0.1, 0.15) is 9.47 Å². The van der Waals surface area contributed by atoms with Crippen molar-refractivity contribution in [3.8, 4) is 0 Å². The van der Waals surface area contributed by atoms with E-state index in [0.717, 1.165) is 16.8 Å². The van der Waals surface area contributed by atoms with Crippen LogP contribution in [-0.4, -0.2) is 20.0 Å². The molecule has 1 saturated heterocycles. The zero-order chi connectivity index (χ0) is 15.7. The van der Waals surface area contributed by atoms with Crippen LogP contribution in [0.5, 0.6) is 0 Å². The third-order valence-corrected chi connectivity index (χ3v) is 4.76. The molecule has 0 saturated carbocycles. The maximum atomic E-state index is 11.8. The van der Waals surface area contributed by atoms with Gasteiger partial charge in [-0.15, -0.1) is 0 Å². The molecule has 1 N–H and O–H groups in total. The smallest absolute Gasteiger partial charge is 0.263 e. The molecule has 22 heavy (non-hydrogen) atoms. The molecule has 0 spiro atoms. The van der Waals surface area contributed by atoms with Gasteiger partial charge in [-0.2, -0.15) is 5.10 Å². The second-order valence-electron chi connectivity index (χ2n) is 4.79. The lowest BCUT2D eigenvalue weighted by Crippen LogP contribution is -2.17.